The minimum atomic E-state index is 0.387. The van der Waals surface area contributed by atoms with Crippen LogP contribution in [0.25, 0.3) is 0 Å². The number of hydrogen-bond donors (Lipinski definition) is 1. The van der Waals surface area contributed by atoms with Gasteiger partial charge in [-0.05, 0) is 12.8 Å². The molecule has 0 unspecified atom stereocenters. The highest BCUT2D eigenvalue weighted by atomic mass is 32.1. The number of aromatic nitrogens is 2. The summed E-state index contributed by atoms with van der Waals surface area (Å²) in [5, 5.41) is 0.935. The summed E-state index contributed by atoms with van der Waals surface area (Å²) in [7, 11) is 2.04. The molecule has 0 amide bonds. The summed E-state index contributed by atoms with van der Waals surface area (Å²) < 4.78 is 3.91. The molecule has 60 valence electrons. The van der Waals surface area contributed by atoms with Crippen molar-refractivity contribution in [3.63, 3.8) is 0 Å². The highest BCUT2D eigenvalue weighted by molar-refractivity contribution is 7.09. The van der Waals surface area contributed by atoms with Gasteiger partial charge in [0.15, 0.2) is 0 Å². The quantitative estimate of drug-likeness (QED) is 0.710. The molecule has 1 heterocycles. The average Bonchev–Trinajstić information content (AvgIpc) is 2.74. The van der Waals surface area contributed by atoms with Gasteiger partial charge in [-0.25, -0.2) is 0 Å². The zero-order chi connectivity index (χ0) is 7.84. The molecule has 0 atom stereocenters. The maximum atomic E-state index is 5.40. The molecule has 0 saturated heterocycles. The van der Waals surface area contributed by atoms with E-state index in [0.29, 0.717) is 12.0 Å². The molecular formula is C6H10N4S. The Bertz CT molecular complexity index is 255. The Balaban J connectivity index is 2.14. The van der Waals surface area contributed by atoms with Crippen LogP contribution in [-0.4, -0.2) is 22.4 Å². The number of hydrogen-bond acceptors (Lipinski definition) is 5. The standard InChI is InChI=1S/C6H10N4S/c1-10(4-2-3-4)6-8-5(7)9-11-6/h4H,2-3H2,1H3,(H2,7,9). The lowest BCUT2D eigenvalue weighted by atomic mass is 10.6. The second-order valence-corrected chi connectivity index (χ2v) is 3.51. The van der Waals surface area contributed by atoms with Crippen molar-refractivity contribution in [3.05, 3.63) is 0 Å². The van der Waals surface area contributed by atoms with Crippen LogP contribution in [0.2, 0.25) is 0 Å². The predicted molar refractivity (Wildman–Crippen MR) is 45.7 cm³/mol. The average molecular weight is 170 g/mol. The fraction of sp³-hybridized carbons (Fsp3) is 0.667. The van der Waals surface area contributed by atoms with E-state index in [1.54, 1.807) is 0 Å². The molecule has 1 aromatic heterocycles. The lowest BCUT2D eigenvalue weighted by Crippen LogP contribution is -2.18. The molecule has 1 aliphatic carbocycles. The normalized spacial score (nSPS) is 16.8. The van der Waals surface area contributed by atoms with Gasteiger partial charge in [0, 0.05) is 24.6 Å². The van der Waals surface area contributed by atoms with Gasteiger partial charge in [-0.2, -0.15) is 9.36 Å². The van der Waals surface area contributed by atoms with Crippen molar-refractivity contribution in [2.24, 2.45) is 0 Å². The molecular weight excluding hydrogens is 160 g/mol. The molecule has 0 bridgehead atoms. The van der Waals surface area contributed by atoms with Gasteiger partial charge in [-0.15, -0.1) is 0 Å². The van der Waals surface area contributed by atoms with E-state index in [0.717, 1.165) is 5.13 Å². The number of nitrogens with two attached hydrogens (primary N) is 1. The Kier molecular flexibility index (Phi) is 1.45. The highest BCUT2D eigenvalue weighted by Gasteiger charge is 2.28. The predicted octanol–water partition coefficient (Wildman–Crippen LogP) is 0.719. The van der Waals surface area contributed by atoms with Gasteiger partial charge in [-0.3, -0.25) is 0 Å². The lowest BCUT2D eigenvalue weighted by Gasteiger charge is -2.12. The van der Waals surface area contributed by atoms with E-state index >= 15 is 0 Å². The maximum absolute atomic E-state index is 5.40. The van der Waals surface area contributed by atoms with E-state index in [4.69, 9.17) is 5.73 Å². The third-order valence-corrected chi connectivity index (χ3v) is 2.65. The van der Waals surface area contributed by atoms with Gasteiger partial charge in [0.1, 0.15) is 0 Å². The van der Waals surface area contributed by atoms with Crippen LogP contribution >= 0.6 is 11.5 Å². The lowest BCUT2D eigenvalue weighted by molar-refractivity contribution is 0.909. The smallest absolute Gasteiger partial charge is 0.233 e. The molecule has 1 aromatic rings. The van der Waals surface area contributed by atoms with Crippen LogP contribution in [0.15, 0.2) is 0 Å². The molecule has 11 heavy (non-hydrogen) atoms. The van der Waals surface area contributed by atoms with Gasteiger partial charge < -0.3 is 10.6 Å². The minimum absolute atomic E-state index is 0.387. The van der Waals surface area contributed by atoms with E-state index < -0.39 is 0 Å². The maximum Gasteiger partial charge on any atom is 0.233 e. The van der Waals surface area contributed by atoms with E-state index in [9.17, 15) is 0 Å². The van der Waals surface area contributed by atoms with E-state index in [1.165, 1.54) is 24.4 Å². The zero-order valence-electron chi connectivity index (χ0n) is 6.32. The van der Waals surface area contributed by atoms with E-state index in [-0.39, 0.29) is 0 Å². The van der Waals surface area contributed by atoms with Crippen molar-refractivity contribution in [2.75, 3.05) is 17.7 Å². The van der Waals surface area contributed by atoms with Crippen LogP contribution in [0, 0.1) is 0 Å². The molecule has 0 aliphatic heterocycles. The zero-order valence-corrected chi connectivity index (χ0v) is 7.14. The molecule has 0 spiro atoms. The summed E-state index contributed by atoms with van der Waals surface area (Å²) in [6, 6.07) is 0.683. The van der Waals surface area contributed by atoms with Crippen LogP contribution in [0.3, 0.4) is 0 Å². The van der Waals surface area contributed by atoms with Gasteiger partial charge >= 0.3 is 0 Å². The number of anilines is 2. The van der Waals surface area contributed by atoms with Crippen LogP contribution in [0.4, 0.5) is 11.1 Å². The van der Waals surface area contributed by atoms with Crippen LogP contribution in [0.5, 0.6) is 0 Å². The summed E-state index contributed by atoms with van der Waals surface area (Å²) >= 11 is 1.37. The van der Waals surface area contributed by atoms with Crippen molar-refractivity contribution < 1.29 is 0 Å². The summed E-state index contributed by atoms with van der Waals surface area (Å²) in [5.41, 5.74) is 5.40. The molecule has 1 saturated carbocycles. The van der Waals surface area contributed by atoms with Crippen LogP contribution < -0.4 is 10.6 Å². The summed E-state index contributed by atoms with van der Waals surface area (Å²) in [4.78, 5) is 6.23. The van der Waals surface area contributed by atoms with Crippen molar-refractivity contribution in [1.29, 1.82) is 0 Å². The van der Waals surface area contributed by atoms with Crippen molar-refractivity contribution in [3.8, 4) is 0 Å². The first-order valence-electron chi connectivity index (χ1n) is 3.59. The first-order chi connectivity index (χ1) is 5.27. The molecule has 2 rings (SSSR count). The van der Waals surface area contributed by atoms with Gasteiger partial charge in [-0.1, -0.05) is 0 Å². The highest BCUT2D eigenvalue weighted by Crippen LogP contribution is 2.30. The minimum Gasteiger partial charge on any atom is -0.367 e. The van der Waals surface area contributed by atoms with E-state index in [2.05, 4.69) is 14.3 Å². The molecule has 1 aliphatic rings. The Morgan fingerprint density at radius 1 is 1.64 bits per heavy atom. The molecule has 2 N–H and O–H groups in total. The van der Waals surface area contributed by atoms with Gasteiger partial charge in [0.25, 0.3) is 0 Å². The van der Waals surface area contributed by atoms with Crippen molar-refractivity contribution in [1.82, 2.24) is 9.36 Å². The SMILES string of the molecule is CN(c1nc(N)ns1)C1CC1. The molecule has 4 nitrogen and oxygen atoms in total. The first-order valence-corrected chi connectivity index (χ1v) is 4.37. The second-order valence-electron chi connectivity index (χ2n) is 2.78. The Hall–Kier alpha value is -0.840. The molecule has 0 aromatic carbocycles. The topological polar surface area (TPSA) is 55.0 Å². The number of nitrogens with zero attached hydrogens (tertiary/aromatic N) is 3. The van der Waals surface area contributed by atoms with E-state index in [1.807, 2.05) is 7.05 Å². The van der Waals surface area contributed by atoms with Crippen LogP contribution in [0.1, 0.15) is 12.8 Å². The van der Waals surface area contributed by atoms with Crippen molar-refractivity contribution >= 4 is 22.6 Å². The number of rotatable bonds is 2. The third-order valence-electron chi connectivity index (χ3n) is 1.83. The molecule has 5 heteroatoms. The molecule has 1 fully saturated rings. The fourth-order valence-electron chi connectivity index (χ4n) is 0.988. The summed E-state index contributed by atoms with van der Waals surface area (Å²) in [5.74, 6) is 0.387. The summed E-state index contributed by atoms with van der Waals surface area (Å²) in [6.45, 7) is 0. The van der Waals surface area contributed by atoms with Crippen molar-refractivity contribution in [2.45, 2.75) is 18.9 Å². The number of nitrogen functional groups attached to an aromatic ring is 1. The monoisotopic (exact) mass is 170 g/mol. The Labute approximate surface area is 69.2 Å². The van der Waals surface area contributed by atoms with Crippen LogP contribution in [-0.2, 0) is 0 Å². The molecule has 0 radical (unpaired) electrons. The van der Waals surface area contributed by atoms with Gasteiger partial charge in [0.2, 0.25) is 11.1 Å². The van der Waals surface area contributed by atoms with Gasteiger partial charge in [0.05, 0.1) is 0 Å². The Morgan fingerprint density at radius 2 is 2.36 bits per heavy atom. The first kappa shape index (κ1) is 6.84. The fourth-order valence-corrected chi connectivity index (χ4v) is 1.62. The largest absolute Gasteiger partial charge is 0.367 e. The summed E-state index contributed by atoms with van der Waals surface area (Å²) in [6.07, 6.45) is 2.55. The Morgan fingerprint density at radius 3 is 2.82 bits per heavy atom. The third kappa shape index (κ3) is 1.28. The second kappa shape index (κ2) is 2.34.